The van der Waals surface area contributed by atoms with Crippen LogP contribution >= 0.6 is 0 Å². The molecular formula is C29H27NO5. The van der Waals surface area contributed by atoms with E-state index >= 15 is 0 Å². The molecule has 6 heteroatoms. The SMILES string of the molecule is Cc1cc(C)c(OC(=O)C(C(=O)c2cc(C)ccc2C)c2nc3cc(C)ccc3oc2=O)c(C)c1. The Morgan fingerprint density at radius 2 is 1.43 bits per heavy atom. The first-order valence-electron chi connectivity index (χ1n) is 11.4. The molecule has 0 aliphatic heterocycles. The predicted molar refractivity (Wildman–Crippen MR) is 134 cm³/mol. The highest BCUT2D eigenvalue weighted by molar-refractivity contribution is 6.13. The summed E-state index contributed by atoms with van der Waals surface area (Å²) in [6.07, 6.45) is 0. The van der Waals surface area contributed by atoms with Gasteiger partial charge >= 0.3 is 11.6 Å². The van der Waals surface area contributed by atoms with Crippen LogP contribution in [0.5, 0.6) is 5.75 Å². The van der Waals surface area contributed by atoms with Gasteiger partial charge in [0.2, 0.25) is 0 Å². The van der Waals surface area contributed by atoms with E-state index in [4.69, 9.17) is 9.15 Å². The zero-order valence-corrected chi connectivity index (χ0v) is 20.7. The van der Waals surface area contributed by atoms with Gasteiger partial charge in [-0.2, -0.15) is 0 Å². The largest absolute Gasteiger partial charge is 0.425 e. The van der Waals surface area contributed by atoms with Crippen molar-refractivity contribution in [3.8, 4) is 5.75 Å². The van der Waals surface area contributed by atoms with Gasteiger partial charge in [-0.25, -0.2) is 9.78 Å². The lowest BCUT2D eigenvalue weighted by Gasteiger charge is -2.18. The molecule has 0 saturated heterocycles. The molecule has 0 spiro atoms. The van der Waals surface area contributed by atoms with E-state index in [-0.39, 0.29) is 11.3 Å². The highest BCUT2D eigenvalue weighted by Crippen LogP contribution is 2.29. The summed E-state index contributed by atoms with van der Waals surface area (Å²) in [6.45, 7) is 11.1. The molecule has 1 atom stereocenters. The molecule has 4 rings (SSSR count). The lowest BCUT2D eigenvalue weighted by atomic mass is 9.91. The molecule has 1 heterocycles. The van der Waals surface area contributed by atoms with Crippen molar-refractivity contribution in [2.45, 2.75) is 47.5 Å². The van der Waals surface area contributed by atoms with Crippen LogP contribution in [0.25, 0.3) is 11.1 Å². The van der Waals surface area contributed by atoms with Crippen molar-refractivity contribution in [3.05, 3.63) is 104 Å². The monoisotopic (exact) mass is 469 g/mol. The minimum absolute atomic E-state index is 0.279. The Morgan fingerprint density at radius 1 is 0.800 bits per heavy atom. The van der Waals surface area contributed by atoms with Crippen LogP contribution in [0.3, 0.4) is 0 Å². The Balaban J connectivity index is 1.89. The molecule has 0 aliphatic rings. The van der Waals surface area contributed by atoms with Crippen molar-refractivity contribution in [1.29, 1.82) is 0 Å². The molecule has 0 bridgehead atoms. The first kappa shape index (κ1) is 24.1. The van der Waals surface area contributed by atoms with Gasteiger partial charge in [-0.1, -0.05) is 41.5 Å². The summed E-state index contributed by atoms with van der Waals surface area (Å²) in [5, 5.41) is 0. The van der Waals surface area contributed by atoms with Gasteiger partial charge < -0.3 is 9.15 Å². The highest BCUT2D eigenvalue weighted by atomic mass is 16.5. The van der Waals surface area contributed by atoms with Gasteiger partial charge in [-0.05, 0) is 82.0 Å². The molecule has 0 amide bonds. The maximum atomic E-state index is 13.8. The van der Waals surface area contributed by atoms with Crippen LogP contribution in [0.1, 0.15) is 55.4 Å². The number of aromatic nitrogens is 1. The smallest absolute Gasteiger partial charge is 0.359 e. The van der Waals surface area contributed by atoms with Crippen molar-refractivity contribution in [3.63, 3.8) is 0 Å². The fraction of sp³-hybridized carbons (Fsp3) is 0.241. The molecule has 0 N–H and O–H groups in total. The van der Waals surface area contributed by atoms with E-state index in [1.807, 2.05) is 52.8 Å². The molecule has 4 aromatic rings. The number of Topliss-reactive ketones (excluding diaryl/α,β-unsaturated/α-hetero) is 1. The van der Waals surface area contributed by atoms with E-state index < -0.39 is 23.3 Å². The van der Waals surface area contributed by atoms with Gasteiger partial charge in [-0.15, -0.1) is 0 Å². The van der Waals surface area contributed by atoms with E-state index in [2.05, 4.69) is 4.98 Å². The predicted octanol–water partition coefficient (Wildman–Crippen LogP) is 5.61. The second-order valence-electron chi connectivity index (χ2n) is 9.12. The molecule has 35 heavy (non-hydrogen) atoms. The van der Waals surface area contributed by atoms with Crippen LogP contribution in [0.4, 0.5) is 0 Å². The van der Waals surface area contributed by atoms with Crippen LogP contribution in [0.15, 0.2) is 57.7 Å². The topological polar surface area (TPSA) is 86.5 Å². The maximum Gasteiger partial charge on any atom is 0.359 e. The molecule has 0 radical (unpaired) electrons. The molecule has 0 saturated carbocycles. The number of esters is 1. The molecule has 0 fully saturated rings. The van der Waals surface area contributed by atoms with Crippen molar-refractivity contribution in [2.24, 2.45) is 0 Å². The highest BCUT2D eigenvalue weighted by Gasteiger charge is 2.37. The number of hydrogen-bond donors (Lipinski definition) is 0. The molecule has 3 aromatic carbocycles. The number of aryl methyl sites for hydroxylation is 6. The van der Waals surface area contributed by atoms with Gasteiger partial charge in [0.05, 0.1) is 0 Å². The van der Waals surface area contributed by atoms with Crippen LogP contribution in [0, 0.1) is 41.5 Å². The summed E-state index contributed by atoms with van der Waals surface area (Å²) in [5.41, 5.74) is 4.81. The molecule has 6 nitrogen and oxygen atoms in total. The summed E-state index contributed by atoms with van der Waals surface area (Å²) >= 11 is 0. The summed E-state index contributed by atoms with van der Waals surface area (Å²) < 4.78 is 11.2. The molecule has 1 unspecified atom stereocenters. The lowest BCUT2D eigenvalue weighted by Crippen LogP contribution is -2.32. The Labute approximate surface area is 203 Å². The molecule has 178 valence electrons. The van der Waals surface area contributed by atoms with E-state index in [1.54, 1.807) is 37.3 Å². The van der Waals surface area contributed by atoms with Gasteiger partial charge in [0.15, 0.2) is 17.3 Å². The van der Waals surface area contributed by atoms with Gasteiger partial charge in [0.25, 0.3) is 0 Å². The summed E-state index contributed by atoms with van der Waals surface area (Å²) in [4.78, 5) is 44.8. The second kappa shape index (κ2) is 9.29. The number of hydrogen-bond acceptors (Lipinski definition) is 6. The van der Waals surface area contributed by atoms with Crippen molar-refractivity contribution < 1.29 is 18.7 Å². The Kier molecular flexibility index (Phi) is 6.39. The fourth-order valence-corrected chi connectivity index (χ4v) is 4.30. The van der Waals surface area contributed by atoms with E-state index in [0.717, 1.165) is 27.8 Å². The average molecular weight is 470 g/mol. The number of nitrogens with zero attached hydrogens (tertiary/aromatic N) is 1. The van der Waals surface area contributed by atoms with E-state index in [9.17, 15) is 14.4 Å². The zero-order valence-electron chi connectivity index (χ0n) is 20.7. The van der Waals surface area contributed by atoms with Gasteiger partial charge in [0, 0.05) is 5.56 Å². The Bertz CT molecular complexity index is 1520. The van der Waals surface area contributed by atoms with Crippen LogP contribution in [-0.4, -0.2) is 16.7 Å². The third kappa shape index (κ3) is 4.78. The Morgan fingerprint density at radius 3 is 2.11 bits per heavy atom. The third-order valence-corrected chi connectivity index (χ3v) is 6.00. The van der Waals surface area contributed by atoms with Crippen LogP contribution < -0.4 is 10.4 Å². The van der Waals surface area contributed by atoms with Crippen molar-refractivity contribution in [1.82, 2.24) is 4.98 Å². The second-order valence-corrected chi connectivity index (χ2v) is 9.12. The van der Waals surface area contributed by atoms with Gasteiger partial charge in [-0.3, -0.25) is 9.59 Å². The first-order chi connectivity index (χ1) is 16.5. The fourth-order valence-electron chi connectivity index (χ4n) is 4.30. The normalized spacial score (nSPS) is 11.9. The van der Waals surface area contributed by atoms with Crippen LogP contribution in [0.2, 0.25) is 0 Å². The summed E-state index contributed by atoms with van der Waals surface area (Å²) in [6, 6.07) is 14.3. The maximum absolute atomic E-state index is 13.8. The van der Waals surface area contributed by atoms with E-state index in [1.165, 1.54) is 0 Å². The zero-order chi connectivity index (χ0) is 25.4. The van der Waals surface area contributed by atoms with Gasteiger partial charge in [0.1, 0.15) is 17.0 Å². The number of carbonyl (C=O) groups excluding carboxylic acids is 2. The van der Waals surface area contributed by atoms with E-state index in [0.29, 0.717) is 22.4 Å². The summed E-state index contributed by atoms with van der Waals surface area (Å²) in [5.74, 6) is -2.67. The third-order valence-electron chi connectivity index (χ3n) is 6.00. The number of fused-ring (bicyclic) bond motifs is 1. The van der Waals surface area contributed by atoms with Crippen LogP contribution in [-0.2, 0) is 4.79 Å². The minimum Gasteiger partial charge on any atom is -0.425 e. The standard InChI is InChI=1S/C29H27NO5/c1-15-7-9-18(4)21(13-15)26(31)24(28(32)35-27-19(5)11-17(3)12-20(27)6)25-29(33)34-23-10-8-16(2)14-22(23)30-25/h7-14,24H,1-6H3. The van der Waals surface area contributed by atoms with Crippen molar-refractivity contribution >= 4 is 22.9 Å². The molecular weight excluding hydrogens is 442 g/mol. The number of carbonyl (C=O) groups is 2. The number of rotatable bonds is 5. The number of ketones is 1. The minimum atomic E-state index is -1.59. The Hall–Kier alpha value is -4.06. The quantitative estimate of drug-likeness (QED) is 0.163. The first-order valence-corrected chi connectivity index (χ1v) is 11.4. The molecule has 0 aliphatic carbocycles. The summed E-state index contributed by atoms with van der Waals surface area (Å²) in [7, 11) is 0. The van der Waals surface area contributed by atoms with Crippen molar-refractivity contribution in [2.75, 3.05) is 0 Å². The lowest BCUT2D eigenvalue weighted by molar-refractivity contribution is -0.135. The number of benzene rings is 3. The number of ether oxygens (including phenoxy) is 1. The average Bonchev–Trinajstić information content (AvgIpc) is 2.78. The molecule has 1 aromatic heterocycles.